The lowest BCUT2D eigenvalue weighted by Gasteiger charge is -2.34. The number of ether oxygens (including phenoxy) is 2. The second kappa shape index (κ2) is 22.7. The number of amides is 2. The third-order valence-electron chi connectivity index (χ3n) is 13.4. The topological polar surface area (TPSA) is 155 Å². The van der Waals surface area contributed by atoms with Gasteiger partial charge in [-0.05, 0) is 136 Å². The van der Waals surface area contributed by atoms with Crippen LogP contribution in [0.3, 0.4) is 0 Å². The van der Waals surface area contributed by atoms with Crippen molar-refractivity contribution >= 4 is 34.4 Å². The fraction of sp³-hybridized carbons (Fsp3) is 0.527. The van der Waals surface area contributed by atoms with Gasteiger partial charge in [-0.25, -0.2) is 10.2 Å². The van der Waals surface area contributed by atoms with Gasteiger partial charge in [0.15, 0.2) is 0 Å². The predicted molar refractivity (Wildman–Crippen MR) is 268 cm³/mol. The molecule has 1 unspecified atom stereocenters. The average molecular weight is 972 g/mol. The van der Waals surface area contributed by atoms with Gasteiger partial charge in [0, 0.05) is 49.3 Å². The van der Waals surface area contributed by atoms with Gasteiger partial charge in [0.2, 0.25) is 0 Å². The molecule has 1 fully saturated rings. The zero-order chi connectivity index (χ0) is 51.1. The van der Waals surface area contributed by atoms with Crippen LogP contribution in [0.5, 0.6) is 0 Å². The molecule has 4 aromatic rings. The number of carbonyl (C=O) groups is 3. The molecule has 2 aliphatic rings. The van der Waals surface area contributed by atoms with Crippen molar-refractivity contribution in [3.8, 4) is 22.4 Å². The third kappa shape index (κ3) is 13.7. The molecule has 4 atom stereocenters. The Morgan fingerprint density at radius 3 is 2.44 bits per heavy atom. The Labute approximate surface area is 410 Å². The van der Waals surface area contributed by atoms with Crippen molar-refractivity contribution in [3.05, 3.63) is 95.3 Å². The number of aliphatic hydroxyl groups excluding tert-OH is 1. The van der Waals surface area contributed by atoms with Gasteiger partial charge in [0.1, 0.15) is 24.2 Å². The Morgan fingerprint density at radius 2 is 1.77 bits per heavy atom. The SMILES string of the molecule is C=C1CCC=C(c2cnc([C@H](C)OC)c(-c3c(CC(C)(C)CO)c4cc(-c5cccc(C[C@H](NC(=O)OC(C)(C)C)C(=O)N6CCC[C@@H](C(=O)O)N6)c5)ccc4n3CC(F)(F)F)c2)CC1CCCCC. The summed E-state index contributed by atoms with van der Waals surface area (Å²) in [6, 6.07) is 12.6. The van der Waals surface area contributed by atoms with Crippen molar-refractivity contribution in [1.82, 2.24) is 25.3 Å². The van der Waals surface area contributed by atoms with Crippen LogP contribution in [0.15, 0.2) is 73.0 Å². The lowest BCUT2D eigenvalue weighted by atomic mass is 9.83. The van der Waals surface area contributed by atoms with E-state index in [4.69, 9.17) is 14.5 Å². The quantitative estimate of drug-likeness (QED) is 0.0563. The van der Waals surface area contributed by atoms with E-state index in [-0.39, 0.29) is 31.9 Å². The lowest BCUT2D eigenvalue weighted by Crippen LogP contribution is -2.60. The van der Waals surface area contributed by atoms with E-state index in [1.165, 1.54) is 15.1 Å². The highest BCUT2D eigenvalue weighted by Crippen LogP contribution is 2.45. The minimum atomic E-state index is -4.61. The summed E-state index contributed by atoms with van der Waals surface area (Å²) >= 11 is 0. The number of unbranched alkanes of at least 4 members (excludes halogenated alkanes) is 2. The molecule has 1 aliphatic carbocycles. The summed E-state index contributed by atoms with van der Waals surface area (Å²) in [6.45, 7) is 16.1. The van der Waals surface area contributed by atoms with Crippen molar-refractivity contribution in [3.63, 3.8) is 0 Å². The number of benzene rings is 2. The van der Waals surface area contributed by atoms with Crippen molar-refractivity contribution in [2.24, 2.45) is 11.3 Å². The molecule has 4 N–H and O–H groups in total. The third-order valence-corrected chi connectivity index (χ3v) is 13.4. The molecule has 12 nitrogen and oxygen atoms in total. The first-order valence-electron chi connectivity index (χ1n) is 24.6. The number of halogens is 3. The van der Waals surface area contributed by atoms with E-state index in [2.05, 4.69) is 30.3 Å². The second-order valence-corrected chi connectivity index (χ2v) is 20.9. The van der Waals surface area contributed by atoms with E-state index in [0.29, 0.717) is 62.9 Å². The van der Waals surface area contributed by atoms with Gasteiger partial charge in [-0.1, -0.05) is 88.6 Å². The fourth-order valence-corrected chi connectivity index (χ4v) is 9.63. The number of aliphatic carboxylic acids is 1. The number of carboxylic acids is 1. The van der Waals surface area contributed by atoms with Gasteiger partial charge >= 0.3 is 18.2 Å². The summed E-state index contributed by atoms with van der Waals surface area (Å²) in [5, 5.41) is 24.9. The number of aliphatic hydroxyl groups is 1. The fourth-order valence-electron chi connectivity index (χ4n) is 9.63. The standard InChI is InChI=1S/C55H72F3N5O7/c1-10-11-12-18-37-27-39(19-13-16-34(37)2)41-29-43(48(59-31-41)35(3)69-9)49-44(30-54(7,8)33-64)42-28-40(22-23-47(42)62(49)32-55(56,57)58)38-20-14-17-36(25-38)26-46(60-52(68)70-53(4,5)6)50(65)63-24-15-21-45(61-63)51(66)67/h14,17,19-20,22-23,25,28-29,31,35,37,45-46,61,64H,2,10-13,15-16,18,21,24,26-27,30,32-33H2,1,3-9H3,(H,60,68)(H,66,67)/t35-,37?,45-,46-/m0/s1. The minimum absolute atomic E-state index is 0.0138. The zero-order valence-corrected chi connectivity index (χ0v) is 42.1. The van der Waals surface area contributed by atoms with E-state index < -0.39 is 59.9 Å². The molecular weight excluding hydrogens is 900 g/mol. The Hall–Kier alpha value is -5.51. The Bertz CT molecular complexity index is 2560. The largest absolute Gasteiger partial charge is 0.480 e. The zero-order valence-electron chi connectivity index (χ0n) is 42.1. The molecule has 380 valence electrons. The molecule has 0 spiro atoms. The Morgan fingerprint density at radius 1 is 1.03 bits per heavy atom. The summed E-state index contributed by atoms with van der Waals surface area (Å²) in [5.41, 5.74) is 8.73. The van der Waals surface area contributed by atoms with Crippen LogP contribution in [0, 0.1) is 11.3 Å². The van der Waals surface area contributed by atoms with Crippen molar-refractivity contribution < 1.29 is 47.2 Å². The van der Waals surface area contributed by atoms with Crippen LogP contribution in [0.2, 0.25) is 0 Å². The first-order valence-corrected chi connectivity index (χ1v) is 24.6. The van der Waals surface area contributed by atoms with Gasteiger partial charge in [0.05, 0.1) is 17.5 Å². The highest BCUT2D eigenvalue weighted by Gasteiger charge is 2.36. The molecule has 1 saturated heterocycles. The number of methoxy groups -OCH3 is 1. The van der Waals surface area contributed by atoms with Crippen molar-refractivity contribution in [2.45, 2.75) is 156 Å². The number of hydrazine groups is 1. The summed E-state index contributed by atoms with van der Waals surface area (Å²) in [5.74, 6) is -1.35. The average Bonchev–Trinajstić information content (AvgIpc) is 3.44. The number of carboxylic acid groups (broad SMARTS) is 1. The smallest absolute Gasteiger partial charge is 0.408 e. The monoisotopic (exact) mass is 972 g/mol. The van der Waals surface area contributed by atoms with E-state index in [1.54, 1.807) is 52.1 Å². The molecule has 3 heterocycles. The van der Waals surface area contributed by atoms with Crippen LogP contribution in [0.4, 0.5) is 18.0 Å². The second-order valence-electron chi connectivity index (χ2n) is 20.9. The van der Waals surface area contributed by atoms with E-state index >= 15 is 0 Å². The molecule has 0 radical (unpaired) electrons. The van der Waals surface area contributed by atoms with Crippen LogP contribution in [-0.2, 0) is 38.4 Å². The maximum atomic E-state index is 15.0. The van der Waals surface area contributed by atoms with Gasteiger partial charge in [-0.2, -0.15) is 13.2 Å². The van der Waals surface area contributed by atoms with Crippen LogP contribution in [0.25, 0.3) is 38.9 Å². The van der Waals surface area contributed by atoms with Gasteiger partial charge in [0.25, 0.3) is 5.91 Å². The summed E-state index contributed by atoms with van der Waals surface area (Å²) < 4.78 is 57.7. The summed E-state index contributed by atoms with van der Waals surface area (Å²) in [7, 11) is 1.55. The number of fused-ring (bicyclic) bond motifs is 1. The predicted octanol–water partition coefficient (Wildman–Crippen LogP) is 11.5. The number of alkyl halides is 3. The first-order chi connectivity index (χ1) is 33.0. The number of nitrogens with zero attached hydrogens (tertiary/aromatic N) is 3. The van der Waals surface area contributed by atoms with E-state index in [1.807, 2.05) is 51.2 Å². The molecule has 2 amide bonds. The maximum absolute atomic E-state index is 15.0. The molecule has 2 aromatic carbocycles. The van der Waals surface area contributed by atoms with Crippen LogP contribution >= 0.6 is 0 Å². The van der Waals surface area contributed by atoms with Crippen LogP contribution in [0.1, 0.15) is 135 Å². The number of carbonyl (C=O) groups excluding carboxylic acids is 2. The maximum Gasteiger partial charge on any atom is 0.408 e. The number of hydrogen-bond acceptors (Lipinski definition) is 8. The molecule has 70 heavy (non-hydrogen) atoms. The van der Waals surface area contributed by atoms with Crippen molar-refractivity contribution in [1.29, 1.82) is 0 Å². The number of allylic oxidation sites excluding steroid dienone is 3. The number of alkyl carbamates (subject to hydrolysis) is 1. The van der Waals surface area contributed by atoms with Crippen LogP contribution < -0.4 is 10.7 Å². The summed E-state index contributed by atoms with van der Waals surface area (Å²) in [4.78, 5) is 44.0. The highest BCUT2D eigenvalue weighted by molar-refractivity contribution is 5.96. The number of pyridine rings is 1. The van der Waals surface area contributed by atoms with E-state index in [0.717, 1.165) is 56.1 Å². The number of nitrogens with one attached hydrogen (secondary N) is 2. The Balaban J connectivity index is 1.49. The van der Waals surface area contributed by atoms with Crippen molar-refractivity contribution in [2.75, 3.05) is 20.3 Å². The Kier molecular flexibility index (Phi) is 17.5. The number of aromatic nitrogens is 2. The lowest BCUT2D eigenvalue weighted by molar-refractivity contribution is -0.147. The van der Waals surface area contributed by atoms with Gasteiger partial charge in [-0.3, -0.25) is 19.6 Å². The number of rotatable bonds is 18. The molecule has 15 heteroatoms. The number of hydrogen-bond donors (Lipinski definition) is 4. The van der Waals surface area contributed by atoms with Crippen LogP contribution in [-0.4, -0.2) is 86.9 Å². The molecule has 0 saturated carbocycles. The minimum Gasteiger partial charge on any atom is -0.480 e. The molecule has 6 rings (SSSR count). The molecule has 1 aliphatic heterocycles. The molecular formula is C55H72F3N5O7. The molecule has 0 bridgehead atoms. The summed E-state index contributed by atoms with van der Waals surface area (Å²) in [6.07, 6.45) is 5.83. The van der Waals surface area contributed by atoms with E-state index in [9.17, 15) is 37.8 Å². The molecule has 2 aromatic heterocycles. The van der Waals surface area contributed by atoms with Gasteiger partial charge in [-0.15, -0.1) is 0 Å². The first kappa shape index (κ1) is 53.8. The highest BCUT2D eigenvalue weighted by atomic mass is 19.4. The van der Waals surface area contributed by atoms with Gasteiger partial charge < -0.3 is 29.6 Å². The normalized spacial score (nSPS) is 18.0.